The van der Waals surface area contributed by atoms with Gasteiger partial charge in [0.15, 0.2) is 0 Å². The highest BCUT2D eigenvalue weighted by Gasteiger charge is 2.27. The van der Waals surface area contributed by atoms with Crippen LogP contribution in [0.4, 0.5) is 5.69 Å². The summed E-state index contributed by atoms with van der Waals surface area (Å²) in [4.78, 5) is 13.9. The third-order valence-electron chi connectivity index (χ3n) is 3.39. The van der Waals surface area contributed by atoms with Gasteiger partial charge in [-0.2, -0.15) is 0 Å². The van der Waals surface area contributed by atoms with E-state index in [-0.39, 0.29) is 12.1 Å². The first-order valence-corrected chi connectivity index (χ1v) is 6.85. The Kier molecular flexibility index (Phi) is 4.65. The molecule has 0 radical (unpaired) electrons. The van der Waals surface area contributed by atoms with Gasteiger partial charge >= 0.3 is 0 Å². The van der Waals surface area contributed by atoms with E-state index in [1.54, 1.807) is 17.0 Å². The molecule has 5 nitrogen and oxygen atoms in total. The molecule has 1 aromatic rings. The average Bonchev–Trinajstić information content (AvgIpc) is 2.58. The molecule has 1 aliphatic rings. The van der Waals surface area contributed by atoms with Crippen LogP contribution < -0.4 is 15.6 Å². The lowest BCUT2D eigenvalue weighted by molar-refractivity contribution is -0.118. The first kappa shape index (κ1) is 14.8. The van der Waals surface area contributed by atoms with Crippen LogP contribution in [0.25, 0.3) is 0 Å². The molecule has 1 aromatic carbocycles. The normalized spacial score (nSPS) is 20.0. The van der Waals surface area contributed by atoms with Crippen LogP contribution in [0.15, 0.2) is 36.7 Å². The number of amides is 1. The zero-order valence-electron chi connectivity index (χ0n) is 11.7. The van der Waals surface area contributed by atoms with E-state index < -0.39 is 0 Å². The van der Waals surface area contributed by atoms with E-state index in [2.05, 4.69) is 17.3 Å². The quantitative estimate of drug-likeness (QED) is 0.836. The van der Waals surface area contributed by atoms with Crippen LogP contribution in [-0.2, 0) is 4.79 Å². The number of carbonyl (C=O) groups is 1. The summed E-state index contributed by atoms with van der Waals surface area (Å²) in [7, 11) is 3.77. The zero-order valence-corrected chi connectivity index (χ0v) is 12.4. The molecule has 1 fully saturated rings. The van der Waals surface area contributed by atoms with Gasteiger partial charge in [-0.25, -0.2) is 5.01 Å². The van der Waals surface area contributed by atoms with E-state index in [1.165, 1.54) is 0 Å². The Morgan fingerprint density at radius 3 is 2.70 bits per heavy atom. The summed E-state index contributed by atoms with van der Waals surface area (Å²) in [6, 6.07) is 7.16. The van der Waals surface area contributed by atoms with E-state index in [9.17, 15) is 4.79 Å². The zero-order chi connectivity index (χ0) is 14.7. The van der Waals surface area contributed by atoms with Gasteiger partial charge < -0.3 is 5.32 Å². The number of hydrazine groups is 1. The Morgan fingerprint density at radius 2 is 2.10 bits per heavy atom. The molecule has 2 rings (SSSR count). The van der Waals surface area contributed by atoms with Crippen molar-refractivity contribution in [3.63, 3.8) is 0 Å². The summed E-state index contributed by atoms with van der Waals surface area (Å²) >= 11 is 5.88. The first-order chi connectivity index (χ1) is 9.52. The van der Waals surface area contributed by atoms with E-state index in [4.69, 9.17) is 11.6 Å². The minimum atomic E-state index is 0.0220. The molecule has 1 atom stereocenters. The summed E-state index contributed by atoms with van der Waals surface area (Å²) in [5.41, 5.74) is 3.81. The number of hydrogen-bond donors (Lipinski definition) is 2. The van der Waals surface area contributed by atoms with Gasteiger partial charge in [-0.15, -0.1) is 0 Å². The highest BCUT2D eigenvalue weighted by atomic mass is 35.5. The molecular formula is C14H19ClN4O. The molecule has 108 valence electrons. The van der Waals surface area contributed by atoms with Crippen LogP contribution in [0.5, 0.6) is 0 Å². The van der Waals surface area contributed by atoms with Crippen LogP contribution in [0.1, 0.15) is 12.8 Å². The van der Waals surface area contributed by atoms with Gasteiger partial charge in [0.05, 0.1) is 11.9 Å². The molecule has 1 heterocycles. The van der Waals surface area contributed by atoms with E-state index in [0.717, 1.165) is 5.69 Å². The predicted molar refractivity (Wildman–Crippen MR) is 81.1 cm³/mol. The maximum absolute atomic E-state index is 12.3. The van der Waals surface area contributed by atoms with Crippen LogP contribution in [0, 0.1) is 0 Å². The SMILES string of the molecule is C=C1NC(N(C)NC)CCC(=O)N1c1ccc(Cl)cc1. The number of nitrogens with one attached hydrogen (secondary N) is 2. The molecule has 6 heteroatoms. The third kappa shape index (κ3) is 3.12. The molecule has 1 aliphatic heterocycles. The smallest absolute Gasteiger partial charge is 0.232 e. The summed E-state index contributed by atoms with van der Waals surface area (Å²) in [5.74, 6) is 0.596. The van der Waals surface area contributed by atoms with Gasteiger partial charge in [0.25, 0.3) is 0 Å². The van der Waals surface area contributed by atoms with Crippen molar-refractivity contribution >= 4 is 23.2 Å². The van der Waals surface area contributed by atoms with Gasteiger partial charge in [-0.05, 0) is 37.7 Å². The lowest BCUT2D eigenvalue weighted by Gasteiger charge is -2.29. The molecule has 1 amide bonds. The highest BCUT2D eigenvalue weighted by Crippen LogP contribution is 2.24. The Labute approximate surface area is 124 Å². The minimum absolute atomic E-state index is 0.0220. The van der Waals surface area contributed by atoms with Gasteiger partial charge in [0.2, 0.25) is 5.91 Å². The van der Waals surface area contributed by atoms with Gasteiger partial charge in [-0.3, -0.25) is 15.1 Å². The predicted octanol–water partition coefficient (Wildman–Crippen LogP) is 1.92. The Balaban J connectivity index is 2.23. The summed E-state index contributed by atoms with van der Waals surface area (Å²) in [6.45, 7) is 3.98. The molecule has 1 saturated heterocycles. The van der Waals surface area contributed by atoms with Crippen LogP contribution in [0.2, 0.25) is 5.02 Å². The molecule has 0 saturated carbocycles. The Bertz CT molecular complexity index is 502. The van der Waals surface area contributed by atoms with Crippen molar-refractivity contribution in [1.82, 2.24) is 15.8 Å². The van der Waals surface area contributed by atoms with Crippen molar-refractivity contribution in [2.24, 2.45) is 0 Å². The number of carbonyl (C=O) groups excluding carboxylic acids is 1. The molecule has 1 unspecified atom stereocenters. The molecular weight excluding hydrogens is 276 g/mol. The number of hydrogen-bond acceptors (Lipinski definition) is 4. The largest absolute Gasteiger partial charge is 0.355 e. The van der Waals surface area contributed by atoms with E-state index in [1.807, 2.05) is 31.2 Å². The molecule has 0 aliphatic carbocycles. The monoisotopic (exact) mass is 294 g/mol. The lowest BCUT2D eigenvalue weighted by atomic mass is 10.2. The summed E-state index contributed by atoms with van der Waals surface area (Å²) < 4.78 is 0. The van der Waals surface area contributed by atoms with Gasteiger partial charge in [0.1, 0.15) is 5.82 Å². The number of benzene rings is 1. The fraction of sp³-hybridized carbons (Fsp3) is 0.357. The second kappa shape index (κ2) is 6.26. The second-order valence-electron chi connectivity index (χ2n) is 4.69. The molecule has 20 heavy (non-hydrogen) atoms. The molecule has 0 bridgehead atoms. The standard InChI is InChI=1S/C14H19ClN4O/c1-10-17-13(18(3)16-2)8-9-14(20)19(10)12-6-4-11(15)5-7-12/h4-7,13,16-17H,1,8-9H2,2-3H3. The van der Waals surface area contributed by atoms with Crippen molar-refractivity contribution in [3.05, 3.63) is 41.7 Å². The maximum Gasteiger partial charge on any atom is 0.232 e. The second-order valence-corrected chi connectivity index (χ2v) is 5.12. The number of rotatable bonds is 3. The van der Waals surface area contributed by atoms with E-state index in [0.29, 0.717) is 23.7 Å². The molecule has 0 aromatic heterocycles. The number of nitrogens with zero attached hydrogens (tertiary/aromatic N) is 2. The number of anilines is 1. The summed E-state index contributed by atoms with van der Waals surface area (Å²) in [6.07, 6.45) is 1.18. The van der Waals surface area contributed by atoms with E-state index >= 15 is 0 Å². The fourth-order valence-electron chi connectivity index (χ4n) is 2.19. The minimum Gasteiger partial charge on any atom is -0.355 e. The fourth-order valence-corrected chi connectivity index (χ4v) is 2.31. The number of halogens is 1. The van der Waals surface area contributed by atoms with Crippen molar-refractivity contribution in [1.29, 1.82) is 0 Å². The van der Waals surface area contributed by atoms with Crippen LogP contribution >= 0.6 is 11.6 Å². The van der Waals surface area contributed by atoms with Crippen LogP contribution in [0.3, 0.4) is 0 Å². The van der Waals surface area contributed by atoms with Gasteiger partial charge in [0, 0.05) is 18.5 Å². The average molecular weight is 295 g/mol. The molecule has 2 N–H and O–H groups in total. The topological polar surface area (TPSA) is 47.6 Å². The molecule has 0 spiro atoms. The Morgan fingerprint density at radius 1 is 1.45 bits per heavy atom. The van der Waals surface area contributed by atoms with Crippen molar-refractivity contribution < 1.29 is 4.79 Å². The lowest BCUT2D eigenvalue weighted by Crippen LogP contribution is -2.49. The highest BCUT2D eigenvalue weighted by molar-refractivity contribution is 6.30. The summed E-state index contributed by atoms with van der Waals surface area (Å²) in [5, 5.41) is 5.83. The van der Waals surface area contributed by atoms with Crippen molar-refractivity contribution in [3.8, 4) is 0 Å². The maximum atomic E-state index is 12.3. The van der Waals surface area contributed by atoms with Crippen molar-refractivity contribution in [2.45, 2.75) is 19.0 Å². The first-order valence-electron chi connectivity index (χ1n) is 6.47. The van der Waals surface area contributed by atoms with Crippen molar-refractivity contribution in [2.75, 3.05) is 19.0 Å². The third-order valence-corrected chi connectivity index (χ3v) is 3.64. The Hall–Kier alpha value is -1.56. The van der Waals surface area contributed by atoms with Crippen LogP contribution in [-0.4, -0.2) is 31.2 Å². The van der Waals surface area contributed by atoms with Gasteiger partial charge in [-0.1, -0.05) is 18.2 Å².